The van der Waals surface area contributed by atoms with Gasteiger partial charge in [-0.2, -0.15) is 0 Å². The molecule has 0 radical (unpaired) electrons. The number of hydrogen-bond acceptors (Lipinski definition) is 3. The molecule has 2 saturated carbocycles. The first-order valence-electron chi connectivity index (χ1n) is 8.06. The quantitative estimate of drug-likeness (QED) is 0.806. The Balaban J connectivity index is 1.65. The maximum absolute atomic E-state index is 12.1. The Hall–Kier alpha value is -1.06. The van der Waals surface area contributed by atoms with Gasteiger partial charge >= 0.3 is 5.97 Å². The van der Waals surface area contributed by atoms with Gasteiger partial charge in [0.2, 0.25) is 5.91 Å². The molecule has 2 aliphatic rings. The summed E-state index contributed by atoms with van der Waals surface area (Å²) in [5.41, 5.74) is 0. The minimum Gasteiger partial charge on any atom is -0.469 e. The average Bonchev–Trinajstić information content (AvgIpc) is 2.53. The van der Waals surface area contributed by atoms with Crippen LogP contribution in [0.4, 0.5) is 0 Å². The molecule has 2 aliphatic carbocycles. The topological polar surface area (TPSA) is 55.4 Å². The predicted molar refractivity (Wildman–Crippen MR) is 77.0 cm³/mol. The molecule has 0 aliphatic heterocycles. The maximum Gasteiger partial charge on any atom is 0.308 e. The highest BCUT2D eigenvalue weighted by atomic mass is 16.5. The van der Waals surface area contributed by atoms with Crippen molar-refractivity contribution in [3.63, 3.8) is 0 Å². The second-order valence-corrected chi connectivity index (χ2v) is 6.32. The Bertz CT molecular complexity index is 329. The van der Waals surface area contributed by atoms with Crippen molar-refractivity contribution >= 4 is 11.9 Å². The monoisotopic (exact) mass is 281 g/mol. The van der Waals surface area contributed by atoms with Crippen molar-refractivity contribution in [3.8, 4) is 0 Å². The molecule has 4 heteroatoms. The molecule has 0 aromatic rings. The van der Waals surface area contributed by atoms with Crippen LogP contribution in [0.1, 0.15) is 57.8 Å². The zero-order valence-corrected chi connectivity index (χ0v) is 12.5. The van der Waals surface area contributed by atoms with Gasteiger partial charge in [-0.25, -0.2) is 0 Å². The SMILES string of the molecule is COC(=O)C1CCC(CNC(=O)C2CCCCC2)CC1. The molecule has 114 valence electrons. The summed E-state index contributed by atoms with van der Waals surface area (Å²) in [5, 5.41) is 3.13. The molecule has 0 heterocycles. The molecule has 20 heavy (non-hydrogen) atoms. The van der Waals surface area contributed by atoms with Crippen LogP contribution in [0.3, 0.4) is 0 Å². The molecule has 1 amide bonds. The zero-order valence-electron chi connectivity index (χ0n) is 12.5. The summed E-state index contributed by atoms with van der Waals surface area (Å²) in [6.07, 6.45) is 9.62. The van der Waals surface area contributed by atoms with E-state index in [0.29, 0.717) is 5.92 Å². The second-order valence-electron chi connectivity index (χ2n) is 6.32. The Kier molecular flexibility index (Phi) is 5.86. The van der Waals surface area contributed by atoms with Crippen molar-refractivity contribution in [1.82, 2.24) is 5.32 Å². The van der Waals surface area contributed by atoms with Gasteiger partial charge in [0.25, 0.3) is 0 Å². The third-order valence-corrected chi connectivity index (χ3v) is 4.92. The van der Waals surface area contributed by atoms with Crippen molar-refractivity contribution in [2.45, 2.75) is 57.8 Å². The summed E-state index contributed by atoms with van der Waals surface area (Å²) in [6, 6.07) is 0. The number of rotatable bonds is 4. The van der Waals surface area contributed by atoms with E-state index < -0.39 is 0 Å². The molecule has 0 aromatic carbocycles. The molecule has 0 saturated heterocycles. The van der Waals surface area contributed by atoms with Gasteiger partial charge in [0.1, 0.15) is 0 Å². The number of amides is 1. The number of methoxy groups -OCH3 is 1. The van der Waals surface area contributed by atoms with E-state index in [1.54, 1.807) is 0 Å². The van der Waals surface area contributed by atoms with Gasteiger partial charge in [-0.05, 0) is 44.4 Å². The first-order valence-corrected chi connectivity index (χ1v) is 8.06. The summed E-state index contributed by atoms with van der Waals surface area (Å²) in [4.78, 5) is 23.5. The number of carbonyl (C=O) groups excluding carboxylic acids is 2. The number of ether oxygens (including phenoxy) is 1. The van der Waals surface area contributed by atoms with Crippen LogP contribution < -0.4 is 5.32 Å². The van der Waals surface area contributed by atoms with E-state index >= 15 is 0 Å². The molecule has 2 fully saturated rings. The fourth-order valence-electron chi connectivity index (χ4n) is 3.52. The number of hydrogen-bond donors (Lipinski definition) is 1. The van der Waals surface area contributed by atoms with Gasteiger partial charge in [0.05, 0.1) is 13.0 Å². The fourth-order valence-corrected chi connectivity index (χ4v) is 3.52. The third-order valence-electron chi connectivity index (χ3n) is 4.92. The minimum absolute atomic E-state index is 0.0743. The maximum atomic E-state index is 12.1. The lowest BCUT2D eigenvalue weighted by atomic mass is 9.82. The van der Waals surface area contributed by atoms with E-state index in [9.17, 15) is 9.59 Å². The van der Waals surface area contributed by atoms with Crippen molar-refractivity contribution in [3.05, 3.63) is 0 Å². The summed E-state index contributed by atoms with van der Waals surface area (Å²) < 4.78 is 4.79. The van der Waals surface area contributed by atoms with E-state index in [1.807, 2.05) is 0 Å². The van der Waals surface area contributed by atoms with Crippen molar-refractivity contribution in [1.29, 1.82) is 0 Å². The lowest BCUT2D eigenvalue weighted by Crippen LogP contribution is -2.36. The normalized spacial score (nSPS) is 27.9. The summed E-state index contributed by atoms with van der Waals surface area (Å²) in [5.74, 6) is 1.03. The van der Waals surface area contributed by atoms with Crippen LogP contribution in [0.25, 0.3) is 0 Å². The average molecular weight is 281 g/mol. The highest BCUT2D eigenvalue weighted by Crippen LogP contribution is 2.29. The van der Waals surface area contributed by atoms with E-state index in [1.165, 1.54) is 26.4 Å². The lowest BCUT2D eigenvalue weighted by Gasteiger charge is -2.28. The van der Waals surface area contributed by atoms with Crippen LogP contribution in [0.5, 0.6) is 0 Å². The standard InChI is InChI=1S/C16H27NO3/c1-20-16(19)14-9-7-12(8-10-14)11-17-15(18)13-5-3-2-4-6-13/h12-14H,2-11H2,1H3,(H,17,18). The van der Waals surface area contributed by atoms with E-state index in [-0.39, 0.29) is 23.7 Å². The number of esters is 1. The largest absolute Gasteiger partial charge is 0.469 e. The molecule has 0 atom stereocenters. The van der Waals surface area contributed by atoms with Gasteiger partial charge in [0, 0.05) is 12.5 Å². The Morgan fingerprint density at radius 3 is 2.20 bits per heavy atom. The molecule has 0 spiro atoms. The van der Waals surface area contributed by atoms with Crippen LogP contribution in [-0.2, 0) is 14.3 Å². The molecule has 1 N–H and O–H groups in total. The van der Waals surface area contributed by atoms with E-state index in [0.717, 1.165) is 45.1 Å². The van der Waals surface area contributed by atoms with E-state index in [2.05, 4.69) is 5.32 Å². The van der Waals surface area contributed by atoms with E-state index in [4.69, 9.17) is 4.74 Å². The summed E-state index contributed by atoms with van der Waals surface area (Å²) in [6.45, 7) is 0.781. The van der Waals surface area contributed by atoms with Gasteiger partial charge in [0.15, 0.2) is 0 Å². The zero-order chi connectivity index (χ0) is 14.4. The second kappa shape index (κ2) is 7.65. The van der Waals surface area contributed by atoms with Gasteiger partial charge < -0.3 is 10.1 Å². The highest BCUT2D eigenvalue weighted by Gasteiger charge is 2.28. The summed E-state index contributed by atoms with van der Waals surface area (Å²) in [7, 11) is 1.46. The molecular weight excluding hydrogens is 254 g/mol. The Morgan fingerprint density at radius 2 is 1.60 bits per heavy atom. The van der Waals surface area contributed by atoms with Crippen LogP contribution in [0.2, 0.25) is 0 Å². The molecule has 0 unspecified atom stereocenters. The molecule has 0 aromatic heterocycles. The molecular formula is C16H27NO3. The molecule has 2 rings (SSSR count). The van der Waals surface area contributed by atoms with Crippen LogP contribution in [-0.4, -0.2) is 25.5 Å². The first kappa shape index (κ1) is 15.3. The fraction of sp³-hybridized carbons (Fsp3) is 0.875. The van der Waals surface area contributed by atoms with Crippen molar-refractivity contribution in [2.75, 3.05) is 13.7 Å². The van der Waals surface area contributed by atoms with Crippen molar-refractivity contribution < 1.29 is 14.3 Å². The van der Waals surface area contributed by atoms with Gasteiger partial charge in [-0.1, -0.05) is 19.3 Å². The predicted octanol–water partition coefficient (Wildman–Crippen LogP) is 2.66. The summed E-state index contributed by atoms with van der Waals surface area (Å²) >= 11 is 0. The number of nitrogens with one attached hydrogen (secondary N) is 1. The smallest absolute Gasteiger partial charge is 0.308 e. The minimum atomic E-state index is -0.0744. The lowest BCUT2D eigenvalue weighted by molar-refractivity contribution is -0.146. The Labute approximate surface area is 121 Å². The molecule has 0 bridgehead atoms. The van der Waals surface area contributed by atoms with Gasteiger partial charge in [-0.3, -0.25) is 9.59 Å². The first-order chi connectivity index (χ1) is 9.70. The third kappa shape index (κ3) is 4.22. The Morgan fingerprint density at radius 1 is 0.950 bits per heavy atom. The van der Waals surface area contributed by atoms with Crippen LogP contribution in [0, 0.1) is 17.8 Å². The van der Waals surface area contributed by atoms with Crippen molar-refractivity contribution in [2.24, 2.45) is 17.8 Å². The van der Waals surface area contributed by atoms with Crippen LogP contribution >= 0.6 is 0 Å². The highest BCUT2D eigenvalue weighted by molar-refractivity contribution is 5.78. The number of carbonyl (C=O) groups is 2. The molecule has 4 nitrogen and oxygen atoms in total. The van der Waals surface area contributed by atoms with Crippen LogP contribution in [0.15, 0.2) is 0 Å². The van der Waals surface area contributed by atoms with Gasteiger partial charge in [-0.15, -0.1) is 0 Å².